The van der Waals surface area contributed by atoms with Crippen LogP contribution in [-0.2, 0) is 20.8 Å². The third-order valence-corrected chi connectivity index (χ3v) is 3.30. The number of carbonyl (C=O) groups excluding carboxylic acids is 2. The molecular formula is C17H21FN2O4. The van der Waals surface area contributed by atoms with Crippen molar-refractivity contribution in [2.24, 2.45) is 0 Å². The maximum atomic E-state index is 13.3. The minimum atomic E-state index is -1.17. The van der Waals surface area contributed by atoms with Crippen LogP contribution in [0.2, 0.25) is 0 Å². The van der Waals surface area contributed by atoms with Crippen LogP contribution in [0, 0.1) is 5.82 Å². The number of halogens is 1. The molecule has 0 spiro atoms. The average Bonchev–Trinajstić information content (AvgIpc) is 2.49. The molecule has 1 rings (SSSR count). The van der Waals surface area contributed by atoms with Crippen LogP contribution in [-0.4, -0.2) is 35.0 Å². The van der Waals surface area contributed by atoms with E-state index in [1.54, 1.807) is 12.1 Å². The lowest BCUT2D eigenvalue weighted by Gasteiger charge is -2.21. The number of rotatable bonds is 9. The fourth-order valence-electron chi connectivity index (χ4n) is 2.17. The van der Waals surface area contributed by atoms with Crippen molar-refractivity contribution < 1.29 is 23.9 Å². The molecule has 0 fully saturated rings. The number of benzene rings is 1. The minimum absolute atomic E-state index is 0.0526. The minimum Gasteiger partial charge on any atom is -0.480 e. The smallest absolute Gasteiger partial charge is 0.326 e. The van der Waals surface area contributed by atoms with Gasteiger partial charge in [0.25, 0.3) is 0 Å². The highest BCUT2D eigenvalue weighted by atomic mass is 19.1. The Morgan fingerprint density at radius 1 is 1.29 bits per heavy atom. The molecule has 3 N–H and O–H groups in total. The summed E-state index contributed by atoms with van der Waals surface area (Å²) in [5.74, 6) is -2.70. The number of nitrogens with one attached hydrogen (secondary N) is 2. The Kier molecular flexibility index (Phi) is 7.61. The normalized spacial score (nSPS) is 12.8. The van der Waals surface area contributed by atoms with Crippen molar-refractivity contribution in [3.8, 4) is 0 Å². The van der Waals surface area contributed by atoms with Crippen molar-refractivity contribution in [1.29, 1.82) is 0 Å². The lowest BCUT2D eigenvalue weighted by Crippen LogP contribution is -2.52. The zero-order valence-corrected chi connectivity index (χ0v) is 13.4. The first kappa shape index (κ1) is 19.3. The number of amides is 2. The Hall–Kier alpha value is -2.70. The third kappa shape index (κ3) is 6.60. The molecule has 1 aromatic carbocycles. The number of hydrogen-bond donors (Lipinski definition) is 3. The van der Waals surface area contributed by atoms with Crippen LogP contribution >= 0.6 is 0 Å². The summed E-state index contributed by atoms with van der Waals surface area (Å²) in [6.07, 6.45) is 2.22. The van der Waals surface area contributed by atoms with Crippen molar-refractivity contribution in [2.45, 2.75) is 38.3 Å². The summed E-state index contributed by atoms with van der Waals surface area (Å²) in [6.45, 7) is 4.76. The molecule has 1 aromatic rings. The van der Waals surface area contributed by atoms with Gasteiger partial charge in [-0.3, -0.25) is 9.59 Å². The lowest BCUT2D eigenvalue weighted by molar-refractivity contribution is -0.142. The number of allylic oxidation sites excluding steroid dienone is 1. The van der Waals surface area contributed by atoms with Crippen molar-refractivity contribution in [2.75, 3.05) is 0 Å². The van der Waals surface area contributed by atoms with Crippen LogP contribution < -0.4 is 10.6 Å². The fraction of sp³-hybridized carbons (Fsp3) is 0.353. The van der Waals surface area contributed by atoms with E-state index in [4.69, 9.17) is 5.11 Å². The summed E-state index contributed by atoms with van der Waals surface area (Å²) in [5, 5.41) is 14.0. The topological polar surface area (TPSA) is 95.5 Å². The Morgan fingerprint density at radius 2 is 2.00 bits per heavy atom. The average molecular weight is 336 g/mol. The van der Waals surface area contributed by atoms with Gasteiger partial charge in [0.1, 0.15) is 17.9 Å². The summed E-state index contributed by atoms with van der Waals surface area (Å²) in [7, 11) is 0. The molecule has 0 saturated carbocycles. The second-order valence-electron chi connectivity index (χ2n) is 5.35. The molecular weight excluding hydrogens is 315 g/mol. The second kappa shape index (κ2) is 9.44. The number of carboxylic acids is 1. The number of carboxylic acid groups (broad SMARTS) is 1. The predicted octanol–water partition coefficient (Wildman–Crippen LogP) is 1.41. The molecule has 0 aliphatic rings. The second-order valence-corrected chi connectivity index (χ2v) is 5.35. The Labute approximate surface area is 139 Å². The van der Waals surface area contributed by atoms with Gasteiger partial charge >= 0.3 is 5.97 Å². The van der Waals surface area contributed by atoms with Gasteiger partial charge in [0, 0.05) is 13.3 Å². The molecule has 0 bridgehead atoms. The fourth-order valence-corrected chi connectivity index (χ4v) is 2.17. The van der Waals surface area contributed by atoms with Gasteiger partial charge in [-0.25, -0.2) is 9.18 Å². The molecule has 7 heteroatoms. The first-order chi connectivity index (χ1) is 11.3. The molecule has 0 aromatic heterocycles. The molecule has 2 atom stereocenters. The SMILES string of the molecule is C=CCC[C@H](NC(=O)[C@@H](Cc1cccc(F)c1)NC(C)=O)C(=O)O. The number of hydrogen-bond acceptors (Lipinski definition) is 3. The van der Waals surface area contributed by atoms with Crippen molar-refractivity contribution in [3.63, 3.8) is 0 Å². The zero-order chi connectivity index (χ0) is 18.1. The van der Waals surface area contributed by atoms with Crippen LogP contribution in [0.25, 0.3) is 0 Å². The Morgan fingerprint density at radius 3 is 2.54 bits per heavy atom. The summed E-state index contributed by atoms with van der Waals surface area (Å²) >= 11 is 0. The number of carbonyl (C=O) groups is 3. The van der Waals surface area contributed by atoms with Crippen LogP contribution in [0.15, 0.2) is 36.9 Å². The maximum absolute atomic E-state index is 13.3. The Bertz CT molecular complexity index is 618. The summed E-state index contributed by atoms with van der Waals surface area (Å²) in [4.78, 5) is 34.9. The van der Waals surface area contributed by atoms with E-state index in [1.165, 1.54) is 25.1 Å². The molecule has 0 saturated heterocycles. The van der Waals surface area contributed by atoms with Gasteiger partial charge in [-0.15, -0.1) is 6.58 Å². The van der Waals surface area contributed by atoms with E-state index in [0.29, 0.717) is 12.0 Å². The van der Waals surface area contributed by atoms with Gasteiger partial charge in [-0.1, -0.05) is 18.2 Å². The molecule has 24 heavy (non-hydrogen) atoms. The third-order valence-electron chi connectivity index (χ3n) is 3.30. The maximum Gasteiger partial charge on any atom is 0.326 e. The predicted molar refractivity (Wildman–Crippen MR) is 86.7 cm³/mol. The first-order valence-corrected chi connectivity index (χ1v) is 7.49. The molecule has 0 aliphatic carbocycles. The first-order valence-electron chi connectivity index (χ1n) is 7.49. The van der Waals surface area contributed by atoms with Crippen LogP contribution in [0.3, 0.4) is 0 Å². The summed E-state index contributed by atoms with van der Waals surface area (Å²) in [6, 6.07) is 3.57. The van der Waals surface area contributed by atoms with Crippen LogP contribution in [0.4, 0.5) is 4.39 Å². The molecule has 0 aliphatic heterocycles. The quantitative estimate of drug-likeness (QED) is 0.594. The Balaban J connectivity index is 2.85. The van der Waals surface area contributed by atoms with E-state index in [2.05, 4.69) is 17.2 Å². The zero-order valence-electron chi connectivity index (χ0n) is 13.4. The largest absolute Gasteiger partial charge is 0.480 e. The van der Waals surface area contributed by atoms with Crippen LogP contribution in [0.1, 0.15) is 25.3 Å². The molecule has 2 amide bonds. The molecule has 6 nitrogen and oxygen atoms in total. The lowest BCUT2D eigenvalue weighted by atomic mass is 10.0. The van der Waals surface area contributed by atoms with Gasteiger partial charge in [-0.2, -0.15) is 0 Å². The monoisotopic (exact) mass is 336 g/mol. The summed E-state index contributed by atoms with van der Waals surface area (Å²) < 4.78 is 13.3. The molecule has 0 heterocycles. The van der Waals surface area contributed by atoms with Gasteiger partial charge in [0.2, 0.25) is 11.8 Å². The van der Waals surface area contributed by atoms with E-state index in [0.717, 1.165) is 0 Å². The standard InChI is InChI=1S/C17H21FN2O4/c1-3-4-8-14(17(23)24)20-16(22)15(19-11(2)21)10-12-6-5-7-13(18)9-12/h3,5-7,9,14-15H,1,4,8,10H2,2H3,(H,19,21)(H,20,22)(H,23,24)/t14-,15+/m0/s1. The highest BCUT2D eigenvalue weighted by Gasteiger charge is 2.25. The van der Waals surface area contributed by atoms with Crippen molar-refractivity contribution in [1.82, 2.24) is 10.6 Å². The van der Waals surface area contributed by atoms with Gasteiger partial charge in [-0.05, 0) is 30.5 Å². The van der Waals surface area contributed by atoms with Gasteiger partial charge in [0.15, 0.2) is 0 Å². The highest BCUT2D eigenvalue weighted by Crippen LogP contribution is 2.08. The van der Waals surface area contributed by atoms with Crippen molar-refractivity contribution >= 4 is 17.8 Å². The number of aliphatic carboxylic acids is 1. The van der Waals surface area contributed by atoms with Crippen LogP contribution in [0.5, 0.6) is 0 Å². The highest BCUT2D eigenvalue weighted by molar-refractivity contribution is 5.90. The van der Waals surface area contributed by atoms with E-state index in [9.17, 15) is 18.8 Å². The van der Waals surface area contributed by atoms with E-state index in [-0.39, 0.29) is 12.8 Å². The summed E-state index contributed by atoms with van der Waals surface area (Å²) in [5.41, 5.74) is 0.516. The van der Waals surface area contributed by atoms with E-state index >= 15 is 0 Å². The van der Waals surface area contributed by atoms with E-state index in [1.807, 2.05) is 0 Å². The molecule has 0 unspecified atom stereocenters. The van der Waals surface area contributed by atoms with Crippen molar-refractivity contribution in [3.05, 3.63) is 48.3 Å². The van der Waals surface area contributed by atoms with Gasteiger partial charge < -0.3 is 15.7 Å². The van der Waals surface area contributed by atoms with Gasteiger partial charge in [0.05, 0.1) is 0 Å². The molecule has 0 radical (unpaired) electrons. The molecule has 130 valence electrons. The van der Waals surface area contributed by atoms with E-state index < -0.39 is 35.7 Å².